The number of hydrogen-bond donors (Lipinski definition) is 0. The molecule has 0 saturated carbocycles. The molecule has 0 unspecified atom stereocenters. The fourth-order valence-corrected chi connectivity index (χ4v) is 4.10. The number of fused-ring (bicyclic) bond motifs is 1. The Morgan fingerprint density at radius 3 is 2.82 bits per heavy atom. The molecule has 1 aromatic rings. The minimum atomic E-state index is -0.243. The van der Waals surface area contributed by atoms with Gasteiger partial charge in [-0.25, -0.2) is 0 Å². The van der Waals surface area contributed by atoms with E-state index in [1.807, 2.05) is 18.2 Å². The standard InChI is InChI=1S/C24H30N2O2/c1-4-19(3)20-12-15-25(16-13-20)14-6-5-7-23-22-10-8-18(2)17-21(22)9-11-24(23)26(27)28/h4,8-12H,2,5-7,13-17H2,1,3H3/b19-4+. The monoisotopic (exact) mass is 378 g/mol. The number of nitrogens with zero attached hydrogens (tertiary/aromatic N) is 2. The molecule has 1 aliphatic carbocycles. The van der Waals surface area contributed by atoms with Crippen LogP contribution in [0.25, 0.3) is 6.08 Å². The van der Waals surface area contributed by atoms with Gasteiger partial charge in [0.1, 0.15) is 0 Å². The van der Waals surface area contributed by atoms with Crippen molar-refractivity contribution in [2.24, 2.45) is 0 Å². The molecule has 0 N–H and O–H groups in total. The van der Waals surface area contributed by atoms with Gasteiger partial charge in [-0.1, -0.05) is 48.1 Å². The molecule has 2 aliphatic rings. The van der Waals surface area contributed by atoms with E-state index in [2.05, 4.69) is 37.5 Å². The number of hydrogen-bond acceptors (Lipinski definition) is 3. The molecule has 148 valence electrons. The molecule has 1 heterocycles. The highest BCUT2D eigenvalue weighted by molar-refractivity contribution is 5.68. The van der Waals surface area contributed by atoms with Crippen molar-refractivity contribution in [2.75, 3.05) is 19.6 Å². The number of benzene rings is 1. The molecule has 0 spiro atoms. The zero-order chi connectivity index (χ0) is 20.1. The van der Waals surface area contributed by atoms with Crippen LogP contribution in [0.4, 0.5) is 5.69 Å². The fraction of sp³-hybridized carbons (Fsp3) is 0.417. The molecule has 0 atom stereocenters. The van der Waals surface area contributed by atoms with E-state index in [4.69, 9.17) is 0 Å². The normalized spacial score (nSPS) is 17.4. The van der Waals surface area contributed by atoms with Crippen molar-refractivity contribution >= 4 is 11.8 Å². The fourth-order valence-electron chi connectivity index (χ4n) is 4.10. The van der Waals surface area contributed by atoms with Gasteiger partial charge in [0.25, 0.3) is 5.69 Å². The van der Waals surface area contributed by atoms with E-state index in [9.17, 15) is 10.1 Å². The van der Waals surface area contributed by atoms with Crippen molar-refractivity contribution < 1.29 is 4.92 Å². The summed E-state index contributed by atoms with van der Waals surface area (Å²) >= 11 is 0. The zero-order valence-corrected chi connectivity index (χ0v) is 17.0. The topological polar surface area (TPSA) is 46.4 Å². The van der Waals surface area contributed by atoms with Gasteiger partial charge in [0.15, 0.2) is 0 Å². The third-order valence-corrected chi connectivity index (χ3v) is 5.91. The highest BCUT2D eigenvalue weighted by Gasteiger charge is 2.21. The predicted octanol–water partition coefficient (Wildman–Crippen LogP) is 5.64. The van der Waals surface area contributed by atoms with Gasteiger partial charge in [0, 0.05) is 24.7 Å². The second kappa shape index (κ2) is 9.16. The third-order valence-electron chi connectivity index (χ3n) is 5.91. The van der Waals surface area contributed by atoms with Crippen LogP contribution in [-0.2, 0) is 12.8 Å². The lowest BCUT2D eigenvalue weighted by Crippen LogP contribution is -2.30. The summed E-state index contributed by atoms with van der Waals surface area (Å²) in [5, 5.41) is 11.5. The first-order valence-electron chi connectivity index (χ1n) is 10.2. The van der Waals surface area contributed by atoms with E-state index in [1.165, 1.54) is 11.1 Å². The molecule has 0 fully saturated rings. The van der Waals surface area contributed by atoms with E-state index in [0.717, 1.165) is 74.0 Å². The summed E-state index contributed by atoms with van der Waals surface area (Å²) in [7, 11) is 0. The summed E-state index contributed by atoms with van der Waals surface area (Å²) in [6, 6.07) is 3.55. The summed E-state index contributed by atoms with van der Waals surface area (Å²) in [5.74, 6) is 0. The molecule has 1 aromatic carbocycles. The van der Waals surface area contributed by atoms with Gasteiger partial charge in [-0.05, 0) is 69.2 Å². The average molecular weight is 379 g/mol. The van der Waals surface area contributed by atoms with Gasteiger partial charge < -0.3 is 0 Å². The second-order valence-electron chi connectivity index (χ2n) is 7.77. The Kier molecular flexibility index (Phi) is 6.63. The van der Waals surface area contributed by atoms with Gasteiger partial charge in [0.2, 0.25) is 0 Å². The lowest BCUT2D eigenvalue weighted by atomic mass is 9.88. The van der Waals surface area contributed by atoms with Crippen LogP contribution in [0.5, 0.6) is 0 Å². The van der Waals surface area contributed by atoms with Gasteiger partial charge in [0.05, 0.1) is 4.92 Å². The molecule has 28 heavy (non-hydrogen) atoms. The van der Waals surface area contributed by atoms with Gasteiger partial charge in [-0.15, -0.1) is 0 Å². The SMILES string of the molecule is C=C1C=Cc2c(ccc([N+](=O)[O-])c2CCCCN2CC=C(/C(C)=C/C)CC2)C1. The lowest BCUT2D eigenvalue weighted by molar-refractivity contribution is -0.385. The molecule has 4 heteroatoms. The molecular formula is C24H30N2O2. The van der Waals surface area contributed by atoms with Crippen molar-refractivity contribution in [1.82, 2.24) is 4.90 Å². The van der Waals surface area contributed by atoms with Crippen molar-refractivity contribution in [3.05, 3.63) is 80.5 Å². The number of nitro benzene ring substituents is 1. The molecule has 3 rings (SSSR count). The first kappa shape index (κ1) is 20.3. The van der Waals surface area contributed by atoms with Gasteiger partial charge >= 0.3 is 0 Å². The van der Waals surface area contributed by atoms with Crippen LogP contribution in [0.1, 0.15) is 49.8 Å². The average Bonchev–Trinajstić information content (AvgIpc) is 2.70. The molecule has 0 amide bonds. The minimum Gasteiger partial charge on any atom is -0.299 e. The van der Waals surface area contributed by atoms with Crippen molar-refractivity contribution in [1.29, 1.82) is 0 Å². The Hall–Kier alpha value is -2.46. The molecule has 0 saturated heterocycles. The Morgan fingerprint density at radius 1 is 1.32 bits per heavy atom. The maximum Gasteiger partial charge on any atom is 0.273 e. The van der Waals surface area contributed by atoms with Crippen molar-refractivity contribution in [3.8, 4) is 0 Å². The molecule has 1 aliphatic heterocycles. The second-order valence-corrected chi connectivity index (χ2v) is 7.77. The Balaban J connectivity index is 1.59. The molecule has 0 radical (unpaired) electrons. The number of rotatable bonds is 7. The largest absolute Gasteiger partial charge is 0.299 e. The number of unbranched alkanes of at least 4 members (excludes halogenated alkanes) is 1. The molecular weight excluding hydrogens is 348 g/mol. The predicted molar refractivity (Wildman–Crippen MR) is 116 cm³/mol. The highest BCUT2D eigenvalue weighted by atomic mass is 16.6. The lowest BCUT2D eigenvalue weighted by Gasteiger charge is -2.26. The first-order chi connectivity index (χ1) is 13.5. The van der Waals surface area contributed by atoms with Crippen LogP contribution in [0.15, 0.2) is 53.7 Å². The first-order valence-corrected chi connectivity index (χ1v) is 10.2. The van der Waals surface area contributed by atoms with Crippen LogP contribution >= 0.6 is 0 Å². The smallest absolute Gasteiger partial charge is 0.273 e. The maximum atomic E-state index is 11.5. The van der Waals surface area contributed by atoms with E-state index in [1.54, 1.807) is 6.07 Å². The number of allylic oxidation sites excluding steroid dienone is 4. The highest BCUT2D eigenvalue weighted by Crippen LogP contribution is 2.32. The summed E-state index contributed by atoms with van der Waals surface area (Å²) in [6.07, 6.45) is 13.2. The number of nitro groups is 1. The zero-order valence-electron chi connectivity index (χ0n) is 17.0. The van der Waals surface area contributed by atoms with Crippen LogP contribution in [0.3, 0.4) is 0 Å². The minimum absolute atomic E-state index is 0.243. The Labute approximate surface area is 168 Å². The summed E-state index contributed by atoms with van der Waals surface area (Å²) in [4.78, 5) is 13.7. The van der Waals surface area contributed by atoms with E-state index in [0.29, 0.717) is 0 Å². The van der Waals surface area contributed by atoms with Crippen LogP contribution < -0.4 is 0 Å². The summed E-state index contributed by atoms with van der Waals surface area (Å²) in [6.45, 7) is 11.4. The van der Waals surface area contributed by atoms with Crippen LogP contribution in [0.2, 0.25) is 0 Å². The maximum absolute atomic E-state index is 11.5. The van der Waals surface area contributed by atoms with E-state index < -0.39 is 0 Å². The van der Waals surface area contributed by atoms with Crippen LogP contribution in [-0.4, -0.2) is 29.5 Å². The van der Waals surface area contributed by atoms with Gasteiger partial charge in [-0.3, -0.25) is 15.0 Å². The molecule has 4 nitrogen and oxygen atoms in total. The Morgan fingerprint density at radius 2 is 2.14 bits per heavy atom. The Bertz CT molecular complexity index is 862. The summed E-state index contributed by atoms with van der Waals surface area (Å²) in [5.41, 5.74) is 7.24. The van der Waals surface area contributed by atoms with E-state index in [-0.39, 0.29) is 10.6 Å². The summed E-state index contributed by atoms with van der Waals surface area (Å²) < 4.78 is 0. The van der Waals surface area contributed by atoms with Gasteiger partial charge in [-0.2, -0.15) is 0 Å². The van der Waals surface area contributed by atoms with E-state index >= 15 is 0 Å². The van der Waals surface area contributed by atoms with Crippen molar-refractivity contribution in [2.45, 2.75) is 46.0 Å². The molecule has 0 bridgehead atoms. The van der Waals surface area contributed by atoms with Crippen molar-refractivity contribution in [3.63, 3.8) is 0 Å². The third kappa shape index (κ3) is 4.68. The quantitative estimate of drug-likeness (QED) is 0.350. The molecule has 0 aromatic heterocycles. The van der Waals surface area contributed by atoms with Crippen LogP contribution in [0, 0.1) is 10.1 Å².